The molecule has 0 unspecified atom stereocenters. The van der Waals surface area contributed by atoms with Crippen LogP contribution >= 0.6 is 0 Å². The first-order chi connectivity index (χ1) is 15.8. The quantitative estimate of drug-likeness (QED) is 0.108. The van der Waals surface area contributed by atoms with Crippen molar-refractivity contribution in [2.45, 2.75) is 37.5 Å². The molecule has 0 saturated heterocycles. The predicted octanol–water partition coefficient (Wildman–Crippen LogP) is 1.98. The molecule has 0 spiro atoms. The van der Waals surface area contributed by atoms with Gasteiger partial charge in [-0.15, -0.1) is 0 Å². The summed E-state index contributed by atoms with van der Waals surface area (Å²) in [5, 5.41) is 37.4. The molecule has 2 aromatic rings. The summed E-state index contributed by atoms with van der Waals surface area (Å²) >= 11 is 0. The van der Waals surface area contributed by atoms with Crippen LogP contribution in [-0.2, 0) is 16.0 Å². The van der Waals surface area contributed by atoms with Gasteiger partial charge in [-0.1, -0.05) is 30.3 Å². The first-order valence-corrected chi connectivity index (χ1v) is 10.0. The number of benzene rings is 2. The Hall–Kier alpha value is -3.72. The monoisotopic (exact) mass is 455 g/mol. The molecule has 3 rings (SSSR count). The fraction of sp³-hybridized carbons (Fsp3) is 0.364. The maximum Gasteiger partial charge on any atom is 0.270 e. The Morgan fingerprint density at radius 3 is 2.64 bits per heavy atom. The molecule has 0 fully saturated rings. The van der Waals surface area contributed by atoms with Gasteiger partial charge in [0.25, 0.3) is 5.69 Å². The molecular formula is C22H25N5O6. The number of nitro groups is 1. The highest BCUT2D eigenvalue weighted by molar-refractivity contribution is 5.82. The van der Waals surface area contributed by atoms with Gasteiger partial charge in [-0.25, -0.2) is 4.99 Å². The van der Waals surface area contributed by atoms with Crippen LogP contribution in [0.1, 0.15) is 24.1 Å². The van der Waals surface area contributed by atoms with Crippen molar-refractivity contribution in [2.75, 3.05) is 14.2 Å². The zero-order valence-corrected chi connectivity index (χ0v) is 18.4. The number of non-ortho nitro benzene ring substituents is 1. The van der Waals surface area contributed by atoms with Gasteiger partial charge in [-0.05, 0) is 18.6 Å². The molecule has 1 heterocycles. The van der Waals surface area contributed by atoms with Gasteiger partial charge in [-0.3, -0.25) is 15.4 Å². The van der Waals surface area contributed by atoms with Crippen molar-refractivity contribution in [1.82, 2.24) is 10.6 Å². The Balaban J connectivity index is 2.03. The van der Waals surface area contributed by atoms with E-state index in [-0.39, 0.29) is 18.2 Å². The lowest BCUT2D eigenvalue weighted by atomic mass is 9.84. The molecule has 33 heavy (non-hydrogen) atoms. The van der Waals surface area contributed by atoms with Crippen LogP contribution in [0.3, 0.4) is 0 Å². The summed E-state index contributed by atoms with van der Waals surface area (Å²) in [7, 11) is 2.82. The number of nitro benzene ring substituents is 1. The topological polar surface area (TPSA) is 151 Å². The van der Waals surface area contributed by atoms with Crippen LogP contribution in [0.2, 0.25) is 0 Å². The SMILES string of the molecule is COC(OC)[C@]1(C)Oc2ccc([N+](=O)[O-])cc2[C@H](NC(=NCc2ccccc2)NC#N)[C@@H]1O. The van der Waals surface area contributed by atoms with Crippen molar-refractivity contribution in [3.63, 3.8) is 0 Å². The number of ether oxygens (including phenoxy) is 3. The molecule has 0 aromatic heterocycles. The smallest absolute Gasteiger partial charge is 0.270 e. The first-order valence-electron chi connectivity index (χ1n) is 10.0. The number of hydrogen-bond acceptors (Lipinski definition) is 8. The molecule has 3 N–H and O–H groups in total. The maximum absolute atomic E-state index is 11.3. The molecule has 1 aliphatic heterocycles. The van der Waals surface area contributed by atoms with E-state index >= 15 is 0 Å². The van der Waals surface area contributed by atoms with Gasteiger partial charge in [0.15, 0.2) is 18.1 Å². The van der Waals surface area contributed by atoms with Crippen molar-refractivity contribution < 1.29 is 24.2 Å². The third-order valence-electron chi connectivity index (χ3n) is 5.40. The lowest BCUT2D eigenvalue weighted by Crippen LogP contribution is -2.62. The van der Waals surface area contributed by atoms with Crippen LogP contribution in [0.15, 0.2) is 53.5 Å². The maximum atomic E-state index is 11.3. The Kier molecular flexibility index (Phi) is 7.44. The van der Waals surface area contributed by atoms with Gasteiger partial charge in [0, 0.05) is 31.9 Å². The second kappa shape index (κ2) is 10.3. The van der Waals surface area contributed by atoms with Crippen LogP contribution in [-0.4, -0.2) is 48.2 Å². The summed E-state index contributed by atoms with van der Waals surface area (Å²) in [5.41, 5.74) is -0.330. The van der Waals surface area contributed by atoms with E-state index in [9.17, 15) is 20.5 Å². The van der Waals surface area contributed by atoms with E-state index in [1.807, 2.05) is 36.5 Å². The van der Waals surface area contributed by atoms with Gasteiger partial charge < -0.3 is 24.6 Å². The Morgan fingerprint density at radius 1 is 1.33 bits per heavy atom. The predicted molar refractivity (Wildman–Crippen MR) is 118 cm³/mol. The summed E-state index contributed by atoms with van der Waals surface area (Å²) in [6.45, 7) is 1.86. The number of nitriles is 1. The lowest BCUT2D eigenvalue weighted by molar-refractivity contribution is -0.385. The zero-order valence-electron chi connectivity index (χ0n) is 18.4. The number of rotatable bonds is 7. The van der Waals surface area contributed by atoms with Gasteiger partial charge in [0.2, 0.25) is 5.96 Å². The van der Waals surface area contributed by atoms with E-state index in [0.717, 1.165) is 5.56 Å². The van der Waals surface area contributed by atoms with E-state index in [1.54, 1.807) is 6.92 Å². The molecule has 3 atom stereocenters. The highest BCUT2D eigenvalue weighted by Gasteiger charge is 2.52. The number of aliphatic imine (C=N–C) groups is 1. The third-order valence-corrected chi connectivity index (χ3v) is 5.40. The summed E-state index contributed by atoms with van der Waals surface area (Å²) in [6, 6.07) is 12.5. The van der Waals surface area contributed by atoms with E-state index < -0.39 is 29.0 Å². The number of aliphatic hydroxyl groups is 1. The Bertz CT molecular complexity index is 1050. The van der Waals surface area contributed by atoms with Gasteiger partial charge in [-0.2, -0.15) is 5.26 Å². The number of aliphatic hydroxyl groups excluding tert-OH is 1. The van der Waals surface area contributed by atoms with Gasteiger partial charge in [0.05, 0.1) is 17.5 Å². The Morgan fingerprint density at radius 2 is 2.03 bits per heavy atom. The van der Waals surface area contributed by atoms with Crippen LogP contribution < -0.4 is 15.4 Å². The molecule has 11 nitrogen and oxygen atoms in total. The molecule has 174 valence electrons. The average Bonchev–Trinajstić information content (AvgIpc) is 2.81. The molecular weight excluding hydrogens is 430 g/mol. The number of methoxy groups -OCH3 is 2. The summed E-state index contributed by atoms with van der Waals surface area (Å²) in [5.74, 6) is 0.378. The van der Waals surface area contributed by atoms with Crippen LogP contribution in [0.25, 0.3) is 0 Å². The minimum atomic E-state index is -1.39. The highest BCUT2D eigenvalue weighted by atomic mass is 16.7. The first kappa shape index (κ1) is 23.9. The molecule has 0 saturated carbocycles. The summed E-state index contributed by atoms with van der Waals surface area (Å²) in [6.07, 6.45) is -0.456. The molecule has 0 radical (unpaired) electrons. The summed E-state index contributed by atoms with van der Waals surface area (Å²) in [4.78, 5) is 15.2. The fourth-order valence-electron chi connectivity index (χ4n) is 3.77. The second-order valence-electron chi connectivity index (χ2n) is 7.52. The van der Waals surface area contributed by atoms with Crippen LogP contribution in [0, 0.1) is 21.6 Å². The van der Waals surface area contributed by atoms with Crippen molar-refractivity contribution in [3.8, 4) is 11.9 Å². The minimum Gasteiger partial charge on any atom is -0.479 e. The zero-order chi connectivity index (χ0) is 24.0. The average molecular weight is 455 g/mol. The van der Waals surface area contributed by atoms with Crippen LogP contribution in [0.4, 0.5) is 5.69 Å². The normalized spacial score (nSPS) is 22.1. The fourth-order valence-corrected chi connectivity index (χ4v) is 3.77. The molecule has 0 aliphatic carbocycles. The van der Waals surface area contributed by atoms with Crippen molar-refractivity contribution in [1.29, 1.82) is 5.26 Å². The number of hydrogen-bond donors (Lipinski definition) is 3. The summed E-state index contributed by atoms with van der Waals surface area (Å²) < 4.78 is 16.7. The highest BCUT2D eigenvalue weighted by Crippen LogP contribution is 2.43. The molecule has 0 amide bonds. The number of nitrogens with zero attached hydrogens (tertiary/aromatic N) is 3. The van der Waals surface area contributed by atoms with E-state index in [1.165, 1.54) is 32.4 Å². The minimum absolute atomic E-state index is 0.0819. The second-order valence-corrected chi connectivity index (χ2v) is 7.52. The molecule has 2 aromatic carbocycles. The number of fused-ring (bicyclic) bond motifs is 1. The van der Waals surface area contributed by atoms with Crippen molar-refractivity contribution in [3.05, 3.63) is 69.8 Å². The number of guanidine groups is 1. The van der Waals surface area contributed by atoms with E-state index in [4.69, 9.17) is 14.2 Å². The van der Waals surface area contributed by atoms with Crippen molar-refractivity contribution >= 4 is 11.6 Å². The number of nitrogens with one attached hydrogen (secondary N) is 2. The molecule has 1 aliphatic rings. The van der Waals surface area contributed by atoms with Gasteiger partial charge >= 0.3 is 0 Å². The Labute approximate surface area is 190 Å². The van der Waals surface area contributed by atoms with E-state index in [2.05, 4.69) is 15.6 Å². The largest absolute Gasteiger partial charge is 0.479 e. The molecule has 11 heteroatoms. The van der Waals surface area contributed by atoms with E-state index in [0.29, 0.717) is 11.3 Å². The lowest BCUT2D eigenvalue weighted by Gasteiger charge is -2.46. The molecule has 0 bridgehead atoms. The van der Waals surface area contributed by atoms with Crippen molar-refractivity contribution in [2.24, 2.45) is 4.99 Å². The standard InChI is InChI=1S/C22H25N5O6/c1-22(20(31-2)32-3)19(28)18(16-11-15(27(29)30)9-10-17(16)33-22)26-21(25-13-23)24-12-14-7-5-4-6-8-14/h4-11,18-20,28H,12H2,1-3H3,(H2,24,25,26)/t18-,19-,22+/m0/s1. The third kappa shape index (κ3) is 5.04. The van der Waals surface area contributed by atoms with Crippen LogP contribution in [0.5, 0.6) is 5.75 Å². The van der Waals surface area contributed by atoms with Gasteiger partial charge in [0.1, 0.15) is 11.9 Å².